The van der Waals surface area contributed by atoms with Gasteiger partial charge in [0.25, 0.3) is 0 Å². The number of nitrogens with one attached hydrogen (secondary N) is 1. The summed E-state index contributed by atoms with van der Waals surface area (Å²) in [6.07, 6.45) is 1.81. The maximum absolute atomic E-state index is 5.30. The number of pyridine rings is 2. The second-order valence-electron chi connectivity index (χ2n) is 8.21. The van der Waals surface area contributed by atoms with E-state index in [9.17, 15) is 0 Å². The Hall–Kier alpha value is -4.01. The van der Waals surface area contributed by atoms with E-state index >= 15 is 0 Å². The number of aromatic nitrogens is 4. The molecule has 4 aromatic heterocycles. The molecule has 0 bridgehead atoms. The third-order valence-corrected chi connectivity index (χ3v) is 7.84. The van der Waals surface area contributed by atoms with E-state index in [1.807, 2.05) is 42.5 Å². The van der Waals surface area contributed by atoms with Crippen molar-refractivity contribution in [2.24, 2.45) is 0 Å². The Morgan fingerprint density at radius 3 is 2.53 bits per heavy atom. The highest BCUT2D eigenvalue weighted by molar-refractivity contribution is 7.99. The molecule has 0 aliphatic rings. The number of ether oxygens (including phenoxy) is 1. The average molecular weight is 508 g/mol. The van der Waals surface area contributed by atoms with Gasteiger partial charge in [-0.25, -0.2) is 4.98 Å². The van der Waals surface area contributed by atoms with E-state index < -0.39 is 0 Å². The van der Waals surface area contributed by atoms with Gasteiger partial charge in [-0.2, -0.15) is 0 Å². The number of aryl methyl sites for hydroxylation is 1. The largest absolute Gasteiger partial charge is 0.481 e. The molecule has 2 aromatic carbocycles. The van der Waals surface area contributed by atoms with E-state index in [0.717, 1.165) is 53.7 Å². The average Bonchev–Trinajstić information content (AvgIpc) is 3.35. The summed E-state index contributed by atoms with van der Waals surface area (Å²) in [5.74, 6) is 1.31. The van der Waals surface area contributed by atoms with Crippen LogP contribution in [0, 0.1) is 6.92 Å². The van der Waals surface area contributed by atoms with Crippen LogP contribution in [0.15, 0.2) is 94.2 Å². The van der Waals surface area contributed by atoms with Crippen LogP contribution in [-0.4, -0.2) is 27.3 Å². The van der Waals surface area contributed by atoms with Crippen LogP contribution in [0.25, 0.3) is 32.4 Å². The number of benzene rings is 2. The first-order valence-electron chi connectivity index (χ1n) is 11.3. The number of rotatable bonds is 6. The first-order valence-corrected chi connectivity index (χ1v) is 13.0. The zero-order valence-electron chi connectivity index (χ0n) is 19.6. The van der Waals surface area contributed by atoms with Gasteiger partial charge in [0.05, 0.1) is 17.5 Å². The van der Waals surface area contributed by atoms with Crippen molar-refractivity contribution in [2.75, 3.05) is 12.4 Å². The summed E-state index contributed by atoms with van der Waals surface area (Å²) >= 11 is 3.33. The standard InChI is InChI=1S/C28H21N5OS2/c1-17-15-24(35-16-17)26-20-5-3-4-6-21(20)28(33-32-26)30-18-7-9-19(10-8-18)36-23-13-14-29-22-11-12-25(34-2)31-27(22)23/h3-16H,1-2H3,(H,30,33). The summed E-state index contributed by atoms with van der Waals surface area (Å²) in [7, 11) is 1.62. The third-order valence-electron chi connectivity index (χ3n) is 5.73. The van der Waals surface area contributed by atoms with Gasteiger partial charge >= 0.3 is 0 Å². The van der Waals surface area contributed by atoms with Crippen LogP contribution in [0.2, 0.25) is 0 Å². The van der Waals surface area contributed by atoms with E-state index in [4.69, 9.17) is 4.74 Å². The SMILES string of the molecule is COc1ccc2nccc(Sc3ccc(Nc4nnc(-c5cc(C)cs5)c5ccccc45)cc3)c2n1. The zero-order valence-corrected chi connectivity index (χ0v) is 21.2. The summed E-state index contributed by atoms with van der Waals surface area (Å²) < 4.78 is 5.30. The van der Waals surface area contributed by atoms with Crippen LogP contribution in [0.5, 0.6) is 5.88 Å². The minimum Gasteiger partial charge on any atom is -0.481 e. The monoisotopic (exact) mass is 507 g/mol. The van der Waals surface area contributed by atoms with Crippen LogP contribution in [0.4, 0.5) is 11.5 Å². The Bertz CT molecular complexity index is 1700. The normalized spacial score (nSPS) is 11.2. The molecular formula is C28H21N5OS2. The predicted molar refractivity (Wildman–Crippen MR) is 148 cm³/mol. The second kappa shape index (κ2) is 9.56. The van der Waals surface area contributed by atoms with Gasteiger partial charge in [0.1, 0.15) is 11.2 Å². The molecule has 6 nitrogen and oxygen atoms in total. The van der Waals surface area contributed by atoms with Crippen molar-refractivity contribution in [2.45, 2.75) is 16.7 Å². The molecule has 0 saturated heterocycles. The van der Waals surface area contributed by atoms with Gasteiger partial charge in [0, 0.05) is 38.5 Å². The fourth-order valence-electron chi connectivity index (χ4n) is 3.98. The van der Waals surface area contributed by atoms with Crippen molar-refractivity contribution in [3.05, 3.63) is 89.9 Å². The molecule has 0 unspecified atom stereocenters. The summed E-state index contributed by atoms with van der Waals surface area (Å²) in [6, 6.07) is 24.4. The smallest absolute Gasteiger partial charge is 0.213 e. The van der Waals surface area contributed by atoms with Crippen LogP contribution in [-0.2, 0) is 0 Å². The molecule has 36 heavy (non-hydrogen) atoms. The number of fused-ring (bicyclic) bond motifs is 2. The van der Waals surface area contributed by atoms with E-state index in [2.05, 4.69) is 68.1 Å². The van der Waals surface area contributed by atoms with Gasteiger partial charge in [-0.1, -0.05) is 36.0 Å². The molecule has 1 N–H and O–H groups in total. The van der Waals surface area contributed by atoms with Crippen molar-refractivity contribution in [1.29, 1.82) is 0 Å². The van der Waals surface area contributed by atoms with E-state index in [-0.39, 0.29) is 0 Å². The van der Waals surface area contributed by atoms with Crippen LogP contribution in [0.1, 0.15) is 5.56 Å². The molecule has 4 heterocycles. The molecule has 0 aliphatic carbocycles. The molecule has 0 spiro atoms. The quantitative estimate of drug-likeness (QED) is 0.250. The lowest BCUT2D eigenvalue weighted by atomic mass is 10.1. The Morgan fingerprint density at radius 2 is 1.75 bits per heavy atom. The van der Waals surface area contributed by atoms with Gasteiger partial charge in [-0.05, 0) is 60.3 Å². The second-order valence-corrected chi connectivity index (χ2v) is 10.2. The van der Waals surface area contributed by atoms with Crippen molar-refractivity contribution in [3.63, 3.8) is 0 Å². The molecule has 176 valence electrons. The highest BCUT2D eigenvalue weighted by Crippen LogP contribution is 2.36. The molecule has 0 aliphatic heterocycles. The van der Waals surface area contributed by atoms with Gasteiger partial charge in [0.15, 0.2) is 5.82 Å². The topological polar surface area (TPSA) is 72.8 Å². The molecular weight excluding hydrogens is 486 g/mol. The van der Waals surface area contributed by atoms with Gasteiger partial charge in [-0.15, -0.1) is 21.5 Å². The lowest BCUT2D eigenvalue weighted by Gasteiger charge is -2.11. The first-order chi connectivity index (χ1) is 17.7. The van der Waals surface area contributed by atoms with Crippen LogP contribution in [0.3, 0.4) is 0 Å². The van der Waals surface area contributed by atoms with Gasteiger partial charge in [0.2, 0.25) is 5.88 Å². The fourth-order valence-corrected chi connectivity index (χ4v) is 5.78. The van der Waals surface area contributed by atoms with Crippen molar-refractivity contribution in [1.82, 2.24) is 20.2 Å². The van der Waals surface area contributed by atoms with Crippen molar-refractivity contribution >= 4 is 56.4 Å². The highest BCUT2D eigenvalue weighted by Gasteiger charge is 2.13. The number of methoxy groups -OCH3 is 1. The van der Waals surface area contributed by atoms with Gasteiger partial charge < -0.3 is 10.1 Å². The molecule has 8 heteroatoms. The number of hydrogen-bond acceptors (Lipinski definition) is 8. The summed E-state index contributed by atoms with van der Waals surface area (Å²) in [5.41, 5.74) is 4.75. The molecule has 0 saturated carbocycles. The number of nitrogens with zero attached hydrogens (tertiary/aromatic N) is 4. The van der Waals surface area contributed by atoms with Crippen LogP contribution >= 0.6 is 23.1 Å². The van der Waals surface area contributed by atoms with Crippen molar-refractivity contribution in [3.8, 4) is 16.5 Å². The molecule has 6 aromatic rings. The lowest BCUT2D eigenvalue weighted by Crippen LogP contribution is -1.98. The Kier molecular flexibility index (Phi) is 5.96. The number of anilines is 2. The van der Waals surface area contributed by atoms with Gasteiger partial charge in [-0.3, -0.25) is 4.98 Å². The summed E-state index contributed by atoms with van der Waals surface area (Å²) in [5, 5.41) is 16.8. The van der Waals surface area contributed by atoms with E-state index in [1.54, 1.807) is 36.4 Å². The van der Waals surface area contributed by atoms with Crippen LogP contribution < -0.4 is 10.1 Å². The maximum atomic E-state index is 5.30. The minimum absolute atomic E-state index is 0.575. The molecule has 0 fully saturated rings. The Labute approximate surface area is 216 Å². The maximum Gasteiger partial charge on any atom is 0.213 e. The summed E-state index contributed by atoms with van der Waals surface area (Å²) in [6.45, 7) is 2.10. The van der Waals surface area contributed by atoms with E-state index in [0.29, 0.717) is 5.88 Å². The Balaban J connectivity index is 1.27. The molecule has 0 radical (unpaired) electrons. The minimum atomic E-state index is 0.575. The lowest BCUT2D eigenvalue weighted by molar-refractivity contribution is 0.399. The third kappa shape index (κ3) is 4.36. The molecule has 0 atom stereocenters. The van der Waals surface area contributed by atoms with E-state index in [1.165, 1.54) is 5.56 Å². The highest BCUT2D eigenvalue weighted by atomic mass is 32.2. The molecule has 0 amide bonds. The number of hydrogen-bond donors (Lipinski definition) is 1. The first kappa shape index (κ1) is 22.5. The predicted octanol–water partition coefficient (Wildman–Crippen LogP) is 7.51. The number of thiophene rings is 1. The Morgan fingerprint density at radius 1 is 0.917 bits per heavy atom. The fraction of sp³-hybridized carbons (Fsp3) is 0.0714. The van der Waals surface area contributed by atoms with Crippen molar-refractivity contribution < 1.29 is 4.74 Å². The zero-order chi connectivity index (χ0) is 24.5. The summed E-state index contributed by atoms with van der Waals surface area (Å²) in [4.78, 5) is 12.3. The molecule has 6 rings (SSSR count).